The van der Waals surface area contributed by atoms with E-state index in [4.69, 9.17) is 16.3 Å². The van der Waals surface area contributed by atoms with Gasteiger partial charge in [-0.25, -0.2) is 0 Å². The molecule has 0 spiro atoms. The largest absolute Gasteiger partial charge is 0.494 e. The predicted octanol–water partition coefficient (Wildman–Crippen LogP) is 6.35. The Morgan fingerprint density at radius 2 is 2.00 bits per heavy atom. The molecule has 1 aliphatic heterocycles. The number of benzene rings is 2. The Kier molecular flexibility index (Phi) is 4.72. The van der Waals surface area contributed by atoms with E-state index in [1.165, 1.54) is 16.8 Å². The molecule has 1 heterocycles. The van der Waals surface area contributed by atoms with E-state index in [0.29, 0.717) is 17.9 Å². The van der Waals surface area contributed by atoms with Crippen molar-refractivity contribution in [3.8, 4) is 5.75 Å². The molecule has 2 aliphatic rings. The molecule has 3 unspecified atom stereocenters. The van der Waals surface area contributed by atoms with Gasteiger partial charge < -0.3 is 10.1 Å². The summed E-state index contributed by atoms with van der Waals surface area (Å²) >= 11 is 6.07. The van der Waals surface area contributed by atoms with Crippen molar-refractivity contribution in [2.45, 2.75) is 38.1 Å². The summed E-state index contributed by atoms with van der Waals surface area (Å²) < 4.78 is 5.92. The Bertz CT molecular complexity index is 768. The van der Waals surface area contributed by atoms with Crippen molar-refractivity contribution >= 4 is 17.3 Å². The fraction of sp³-hybridized carbons (Fsp3) is 0.364. The smallest absolute Gasteiger partial charge is 0.119 e. The first kappa shape index (κ1) is 16.5. The van der Waals surface area contributed by atoms with Gasteiger partial charge in [0.05, 0.1) is 12.6 Å². The lowest BCUT2D eigenvalue weighted by Gasteiger charge is -2.37. The monoisotopic (exact) mass is 353 g/mol. The Balaban J connectivity index is 1.63. The minimum atomic E-state index is 0.316. The number of hydrogen-bond acceptors (Lipinski definition) is 2. The first-order chi connectivity index (χ1) is 12.3. The number of fused-ring (bicyclic) bond motifs is 3. The fourth-order valence-electron chi connectivity index (χ4n) is 4.00. The van der Waals surface area contributed by atoms with Gasteiger partial charge in [-0.1, -0.05) is 49.2 Å². The molecule has 2 aromatic carbocycles. The van der Waals surface area contributed by atoms with E-state index in [9.17, 15) is 0 Å². The van der Waals surface area contributed by atoms with Gasteiger partial charge >= 0.3 is 0 Å². The van der Waals surface area contributed by atoms with Crippen molar-refractivity contribution in [2.24, 2.45) is 5.92 Å². The molecule has 0 saturated carbocycles. The zero-order valence-corrected chi connectivity index (χ0v) is 15.3. The van der Waals surface area contributed by atoms with Gasteiger partial charge in [0.1, 0.15) is 5.75 Å². The fourth-order valence-corrected chi connectivity index (χ4v) is 4.12. The average molecular weight is 354 g/mol. The molecular formula is C22H24ClNO. The van der Waals surface area contributed by atoms with Crippen LogP contribution in [-0.4, -0.2) is 6.61 Å². The van der Waals surface area contributed by atoms with Crippen LogP contribution in [0.15, 0.2) is 54.6 Å². The third-order valence-electron chi connectivity index (χ3n) is 5.33. The van der Waals surface area contributed by atoms with E-state index < -0.39 is 0 Å². The molecule has 0 saturated heterocycles. The highest BCUT2D eigenvalue weighted by atomic mass is 35.5. The maximum atomic E-state index is 6.07. The van der Waals surface area contributed by atoms with Crippen molar-refractivity contribution in [1.82, 2.24) is 0 Å². The van der Waals surface area contributed by atoms with Gasteiger partial charge in [0.15, 0.2) is 0 Å². The molecule has 0 fully saturated rings. The summed E-state index contributed by atoms with van der Waals surface area (Å²) in [5, 5.41) is 4.55. The highest BCUT2D eigenvalue weighted by Crippen LogP contribution is 2.50. The third-order valence-corrected chi connectivity index (χ3v) is 5.58. The standard InChI is InChI=1S/C22H24ClNO/c1-2-3-13-25-17-11-12-21-20(14-17)18-5-4-6-19(18)22(24-21)15-7-9-16(23)10-8-15/h4-5,7-12,14,18-19,22,24H,2-3,6,13H2,1H3. The Labute approximate surface area is 154 Å². The van der Waals surface area contributed by atoms with Crippen LogP contribution in [0.2, 0.25) is 5.02 Å². The van der Waals surface area contributed by atoms with Gasteiger partial charge in [0.2, 0.25) is 0 Å². The lowest BCUT2D eigenvalue weighted by molar-refractivity contribution is 0.308. The molecule has 4 rings (SSSR count). The second kappa shape index (κ2) is 7.13. The van der Waals surface area contributed by atoms with Crippen molar-refractivity contribution in [1.29, 1.82) is 0 Å². The molecule has 3 atom stereocenters. The number of halogens is 1. The minimum Gasteiger partial charge on any atom is -0.494 e. The molecule has 25 heavy (non-hydrogen) atoms. The van der Waals surface area contributed by atoms with E-state index >= 15 is 0 Å². The molecule has 2 aromatic rings. The number of nitrogens with one attached hydrogen (secondary N) is 1. The van der Waals surface area contributed by atoms with Crippen LogP contribution < -0.4 is 10.1 Å². The molecular weight excluding hydrogens is 330 g/mol. The first-order valence-corrected chi connectivity index (χ1v) is 9.59. The lowest BCUT2D eigenvalue weighted by atomic mass is 9.77. The summed E-state index contributed by atoms with van der Waals surface area (Å²) in [5.41, 5.74) is 3.88. The van der Waals surface area contributed by atoms with Crippen molar-refractivity contribution < 1.29 is 4.74 Å². The molecule has 2 nitrogen and oxygen atoms in total. The number of hydrogen-bond donors (Lipinski definition) is 1. The van der Waals surface area contributed by atoms with Gasteiger partial charge in [-0.15, -0.1) is 0 Å². The van der Waals surface area contributed by atoms with Gasteiger partial charge in [-0.05, 0) is 60.2 Å². The van der Waals surface area contributed by atoms with Crippen LogP contribution in [0.1, 0.15) is 49.3 Å². The lowest BCUT2D eigenvalue weighted by Crippen LogP contribution is -2.29. The Morgan fingerprint density at radius 3 is 2.80 bits per heavy atom. The number of rotatable bonds is 5. The van der Waals surface area contributed by atoms with Crippen LogP contribution in [0.3, 0.4) is 0 Å². The zero-order chi connectivity index (χ0) is 17.2. The summed E-state index contributed by atoms with van der Waals surface area (Å²) in [6.45, 7) is 2.98. The maximum Gasteiger partial charge on any atom is 0.119 e. The van der Waals surface area contributed by atoms with Crippen LogP contribution in [0.25, 0.3) is 0 Å². The zero-order valence-electron chi connectivity index (χ0n) is 14.5. The van der Waals surface area contributed by atoms with Crippen LogP contribution in [0, 0.1) is 5.92 Å². The minimum absolute atomic E-state index is 0.316. The van der Waals surface area contributed by atoms with Gasteiger partial charge in [-0.2, -0.15) is 0 Å². The first-order valence-electron chi connectivity index (χ1n) is 9.21. The topological polar surface area (TPSA) is 21.3 Å². The summed E-state index contributed by atoms with van der Waals surface area (Å²) in [5.74, 6) is 1.98. The van der Waals surface area contributed by atoms with E-state index in [2.05, 4.69) is 54.7 Å². The summed E-state index contributed by atoms with van der Waals surface area (Å²) in [6.07, 6.45) is 8.04. The van der Waals surface area contributed by atoms with Crippen LogP contribution in [0.4, 0.5) is 5.69 Å². The number of allylic oxidation sites excluding steroid dienone is 2. The van der Waals surface area contributed by atoms with E-state index in [-0.39, 0.29) is 0 Å². The number of ether oxygens (including phenoxy) is 1. The average Bonchev–Trinajstić information content (AvgIpc) is 3.12. The molecule has 130 valence electrons. The van der Waals surface area contributed by atoms with E-state index in [0.717, 1.165) is 36.6 Å². The van der Waals surface area contributed by atoms with Crippen LogP contribution >= 0.6 is 11.6 Å². The van der Waals surface area contributed by atoms with Gasteiger partial charge in [0.25, 0.3) is 0 Å². The second-order valence-electron chi connectivity index (χ2n) is 6.98. The van der Waals surface area contributed by atoms with Crippen LogP contribution in [-0.2, 0) is 0 Å². The van der Waals surface area contributed by atoms with Crippen molar-refractivity contribution in [3.05, 3.63) is 70.8 Å². The SMILES string of the molecule is CCCCOc1ccc2c(c1)C1C=CCC1C(c1ccc(Cl)cc1)N2. The molecule has 0 aromatic heterocycles. The normalized spacial score (nSPS) is 23.7. The molecule has 1 N–H and O–H groups in total. The van der Waals surface area contributed by atoms with Crippen molar-refractivity contribution in [2.75, 3.05) is 11.9 Å². The third kappa shape index (κ3) is 3.28. The molecule has 0 bridgehead atoms. The summed E-state index contributed by atoms with van der Waals surface area (Å²) in [6, 6.07) is 15.0. The van der Waals surface area contributed by atoms with Crippen molar-refractivity contribution in [3.63, 3.8) is 0 Å². The molecule has 3 heteroatoms. The van der Waals surface area contributed by atoms with E-state index in [1.54, 1.807) is 0 Å². The molecule has 0 radical (unpaired) electrons. The second-order valence-corrected chi connectivity index (χ2v) is 7.41. The van der Waals surface area contributed by atoms with Gasteiger partial charge in [0, 0.05) is 16.6 Å². The van der Waals surface area contributed by atoms with Gasteiger partial charge in [-0.3, -0.25) is 0 Å². The summed E-state index contributed by atoms with van der Waals surface area (Å²) in [7, 11) is 0. The highest BCUT2D eigenvalue weighted by molar-refractivity contribution is 6.30. The Hall–Kier alpha value is -1.93. The van der Waals surface area contributed by atoms with Crippen LogP contribution in [0.5, 0.6) is 5.75 Å². The molecule has 0 amide bonds. The highest BCUT2D eigenvalue weighted by Gasteiger charge is 2.37. The summed E-state index contributed by atoms with van der Waals surface area (Å²) in [4.78, 5) is 0. The Morgan fingerprint density at radius 1 is 1.16 bits per heavy atom. The quantitative estimate of drug-likeness (QED) is 0.499. The maximum absolute atomic E-state index is 6.07. The number of unbranched alkanes of at least 4 members (excludes halogenated alkanes) is 1. The molecule has 1 aliphatic carbocycles. The van der Waals surface area contributed by atoms with E-state index in [1.807, 2.05) is 12.1 Å². The predicted molar refractivity (Wildman–Crippen MR) is 105 cm³/mol. The number of anilines is 1.